The fraction of sp³-hybridized carbons (Fsp3) is 0.500. The SMILES string of the molecule is CCCCc1cc2c3c4[n+](ccc3c1)C(C)(CC)C(C)(CC)c1ccc(F)c(c1-4)C2(C)C. The first-order valence-corrected chi connectivity index (χ1v) is 12.5. The monoisotopic (exact) mass is 430 g/mol. The first kappa shape index (κ1) is 21.6. The van der Waals surface area contributed by atoms with Gasteiger partial charge in [0.25, 0.3) is 0 Å². The highest BCUT2D eigenvalue weighted by molar-refractivity contribution is 6.01. The van der Waals surface area contributed by atoms with Gasteiger partial charge in [0, 0.05) is 30.4 Å². The van der Waals surface area contributed by atoms with Gasteiger partial charge in [-0.05, 0) is 54.3 Å². The summed E-state index contributed by atoms with van der Waals surface area (Å²) in [5, 5.41) is 2.63. The third-order valence-electron chi connectivity index (χ3n) is 9.33. The van der Waals surface area contributed by atoms with Crippen LogP contribution in [-0.4, -0.2) is 0 Å². The van der Waals surface area contributed by atoms with Gasteiger partial charge >= 0.3 is 0 Å². The van der Waals surface area contributed by atoms with Crippen molar-refractivity contribution in [3.63, 3.8) is 0 Å². The Labute approximate surface area is 192 Å². The van der Waals surface area contributed by atoms with E-state index in [1.165, 1.54) is 46.0 Å². The maximum Gasteiger partial charge on any atom is 0.221 e. The van der Waals surface area contributed by atoms with Crippen LogP contribution < -0.4 is 4.57 Å². The van der Waals surface area contributed by atoms with Crippen molar-refractivity contribution >= 4 is 10.8 Å². The number of aryl methyl sites for hydroxylation is 1. The molecule has 0 radical (unpaired) electrons. The number of rotatable bonds is 5. The molecular weight excluding hydrogens is 393 g/mol. The van der Waals surface area contributed by atoms with Crippen LogP contribution in [0.5, 0.6) is 0 Å². The Hall–Kier alpha value is -2.22. The second-order valence-electron chi connectivity index (χ2n) is 11.0. The van der Waals surface area contributed by atoms with Gasteiger partial charge in [-0.3, -0.25) is 0 Å². The van der Waals surface area contributed by atoms with Crippen LogP contribution in [0, 0.1) is 5.82 Å². The van der Waals surface area contributed by atoms with Crippen LogP contribution in [0.2, 0.25) is 0 Å². The molecule has 0 spiro atoms. The summed E-state index contributed by atoms with van der Waals surface area (Å²) in [6.07, 6.45) is 7.78. The summed E-state index contributed by atoms with van der Waals surface area (Å²) in [6.45, 7) is 16.1. The van der Waals surface area contributed by atoms with Crippen molar-refractivity contribution in [2.45, 2.75) is 96.9 Å². The Kier molecular flexibility index (Phi) is 4.65. The van der Waals surface area contributed by atoms with Crippen LogP contribution in [0.15, 0.2) is 36.5 Å². The standard InChI is InChI=1S/C30H37FN/c1-8-11-12-19-17-20-15-16-32-27-24(20)22(18-19)28(4,5)26-23(31)14-13-21(25(26)27)29(6,9-2)30(32,7)10-3/h13-18H,8-12H2,1-7H3/q+1. The first-order valence-electron chi connectivity index (χ1n) is 12.5. The van der Waals surface area contributed by atoms with E-state index in [1.54, 1.807) is 6.07 Å². The number of hydrogen-bond acceptors (Lipinski definition) is 0. The van der Waals surface area contributed by atoms with Gasteiger partial charge in [0.1, 0.15) is 5.82 Å². The number of halogens is 1. The Balaban J connectivity index is 2.00. The molecule has 0 fully saturated rings. The molecule has 2 atom stereocenters. The van der Waals surface area contributed by atoms with Gasteiger partial charge in [-0.2, -0.15) is 4.57 Å². The van der Waals surface area contributed by atoms with Crippen molar-refractivity contribution in [2.24, 2.45) is 0 Å². The Morgan fingerprint density at radius 1 is 0.906 bits per heavy atom. The first-order chi connectivity index (χ1) is 15.2. The maximum atomic E-state index is 15.7. The molecule has 1 nitrogen and oxygen atoms in total. The third kappa shape index (κ3) is 2.42. The predicted molar refractivity (Wildman–Crippen MR) is 132 cm³/mol. The molecule has 0 saturated heterocycles. The third-order valence-corrected chi connectivity index (χ3v) is 9.33. The van der Waals surface area contributed by atoms with Crippen LogP contribution in [0.3, 0.4) is 0 Å². The summed E-state index contributed by atoms with van der Waals surface area (Å²) in [7, 11) is 0. The number of unbranched alkanes of at least 4 members (excludes halogenated alkanes) is 1. The Morgan fingerprint density at radius 3 is 2.31 bits per heavy atom. The zero-order valence-corrected chi connectivity index (χ0v) is 20.8. The van der Waals surface area contributed by atoms with E-state index in [4.69, 9.17) is 0 Å². The summed E-state index contributed by atoms with van der Waals surface area (Å²) in [4.78, 5) is 0. The fourth-order valence-corrected chi connectivity index (χ4v) is 6.86. The largest absolute Gasteiger partial charge is 0.221 e. The molecule has 1 aromatic heterocycles. The summed E-state index contributed by atoms with van der Waals surface area (Å²) in [5.41, 5.74) is 6.73. The van der Waals surface area contributed by atoms with Gasteiger partial charge < -0.3 is 0 Å². The molecule has 5 rings (SSSR count). The molecule has 2 heterocycles. The minimum atomic E-state index is -0.378. The highest BCUT2D eigenvalue weighted by Crippen LogP contribution is 2.57. The quantitative estimate of drug-likeness (QED) is 0.365. The second-order valence-corrected chi connectivity index (χ2v) is 11.0. The lowest BCUT2D eigenvalue weighted by Gasteiger charge is -2.49. The van der Waals surface area contributed by atoms with E-state index in [0.29, 0.717) is 0 Å². The van der Waals surface area contributed by atoms with E-state index in [1.807, 2.05) is 0 Å². The van der Waals surface area contributed by atoms with Crippen molar-refractivity contribution in [1.29, 1.82) is 0 Å². The van der Waals surface area contributed by atoms with Gasteiger partial charge in [0.15, 0.2) is 11.7 Å². The van der Waals surface area contributed by atoms with Crippen LogP contribution >= 0.6 is 0 Å². The normalized spacial score (nSPS) is 24.8. The van der Waals surface area contributed by atoms with Crippen LogP contribution in [0.25, 0.3) is 22.0 Å². The molecule has 1 aliphatic heterocycles. The average molecular weight is 431 g/mol. The number of hydrogen-bond donors (Lipinski definition) is 0. The molecule has 0 N–H and O–H groups in total. The fourth-order valence-electron chi connectivity index (χ4n) is 6.86. The number of aromatic nitrogens is 1. The van der Waals surface area contributed by atoms with Gasteiger partial charge in [-0.15, -0.1) is 0 Å². The average Bonchev–Trinajstić information content (AvgIpc) is 2.78. The summed E-state index contributed by atoms with van der Waals surface area (Å²) < 4.78 is 18.2. The summed E-state index contributed by atoms with van der Waals surface area (Å²) in [5.74, 6) is -0.0690. The van der Waals surface area contributed by atoms with E-state index in [-0.39, 0.29) is 22.2 Å². The predicted octanol–water partition coefficient (Wildman–Crippen LogP) is 7.72. The topological polar surface area (TPSA) is 3.88 Å². The van der Waals surface area contributed by atoms with Crippen LogP contribution in [0.1, 0.15) is 96.4 Å². The Morgan fingerprint density at radius 2 is 1.66 bits per heavy atom. The number of nitrogens with zero attached hydrogens (tertiary/aromatic N) is 1. The lowest BCUT2D eigenvalue weighted by atomic mass is 9.57. The van der Waals surface area contributed by atoms with Crippen LogP contribution in [-0.2, 0) is 22.8 Å². The van der Waals surface area contributed by atoms with Crippen molar-refractivity contribution in [3.05, 3.63) is 64.6 Å². The van der Waals surface area contributed by atoms with Crippen molar-refractivity contribution in [1.82, 2.24) is 0 Å². The molecule has 168 valence electrons. The minimum absolute atomic E-state index is 0.0690. The molecule has 0 saturated carbocycles. The number of pyridine rings is 1. The molecule has 2 unspecified atom stereocenters. The van der Waals surface area contributed by atoms with Gasteiger partial charge in [-0.1, -0.05) is 59.2 Å². The van der Waals surface area contributed by atoms with Gasteiger partial charge in [0.2, 0.25) is 5.69 Å². The lowest BCUT2D eigenvalue weighted by molar-refractivity contribution is -0.764. The minimum Gasteiger partial charge on any atom is -0.207 e. The van der Waals surface area contributed by atoms with Gasteiger partial charge in [0.05, 0.1) is 16.4 Å². The lowest BCUT2D eigenvalue weighted by Crippen LogP contribution is -2.68. The highest BCUT2D eigenvalue weighted by Gasteiger charge is 2.59. The molecular formula is C30H37FN+. The van der Waals surface area contributed by atoms with Crippen molar-refractivity contribution in [3.8, 4) is 11.3 Å². The smallest absolute Gasteiger partial charge is 0.207 e. The maximum absolute atomic E-state index is 15.7. The van der Waals surface area contributed by atoms with Crippen LogP contribution in [0.4, 0.5) is 4.39 Å². The van der Waals surface area contributed by atoms with Gasteiger partial charge in [-0.25, -0.2) is 4.39 Å². The number of benzene rings is 2. The zero-order chi connectivity index (χ0) is 23.1. The second kappa shape index (κ2) is 6.89. The van der Waals surface area contributed by atoms with E-state index in [2.05, 4.69) is 83.5 Å². The summed E-state index contributed by atoms with van der Waals surface area (Å²) >= 11 is 0. The molecule has 2 heteroatoms. The van der Waals surface area contributed by atoms with Crippen molar-refractivity contribution in [2.75, 3.05) is 0 Å². The molecule has 1 aliphatic carbocycles. The molecule has 0 amide bonds. The molecule has 32 heavy (non-hydrogen) atoms. The summed E-state index contributed by atoms with van der Waals surface area (Å²) in [6, 6.07) is 10.9. The molecule has 2 aliphatic rings. The van der Waals surface area contributed by atoms with Crippen molar-refractivity contribution < 1.29 is 8.96 Å². The van der Waals surface area contributed by atoms with E-state index in [9.17, 15) is 0 Å². The molecule has 0 bridgehead atoms. The zero-order valence-electron chi connectivity index (χ0n) is 20.8. The van der Waals surface area contributed by atoms with E-state index >= 15 is 4.39 Å². The molecule has 3 aromatic rings. The molecule has 2 aromatic carbocycles. The Bertz CT molecular complexity index is 1250. The van der Waals surface area contributed by atoms with E-state index in [0.717, 1.165) is 30.4 Å². The highest BCUT2D eigenvalue weighted by atomic mass is 19.1. The van der Waals surface area contributed by atoms with E-state index < -0.39 is 0 Å².